The lowest BCUT2D eigenvalue weighted by Gasteiger charge is -2.32. The Balaban J connectivity index is 1.31. The molecular weight excluding hydrogens is 426 g/mol. The molecule has 7 heteroatoms. The molecule has 1 saturated carbocycles. The number of rotatable bonds is 4. The van der Waals surface area contributed by atoms with Crippen molar-refractivity contribution >= 4 is 40.3 Å². The van der Waals surface area contributed by atoms with Crippen LogP contribution in [0.4, 0.5) is 5.82 Å². The van der Waals surface area contributed by atoms with Gasteiger partial charge in [-0.3, -0.25) is 9.59 Å². The molecule has 4 heterocycles. The average Bonchev–Trinajstić information content (AvgIpc) is 3.60. The SMILES string of the molecule is CC1CN(C(=O)c2ccnc3[nH]ccc23)CC=C1c1cc(NC(=O)C2CC2)nc2c1C=CCC2. The lowest BCUT2D eigenvalue weighted by molar-refractivity contribution is -0.117. The minimum absolute atomic E-state index is 0.0168. The number of H-pyrrole nitrogens is 1. The topological polar surface area (TPSA) is 91.0 Å². The zero-order valence-corrected chi connectivity index (χ0v) is 19.2. The quantitative estimate of drug-likeness (QED) is 0.611. The second kappa shape index (κ2) is 8.24. The maximum atomic E-state index is 13.4. The zero-order valence-electron chi connectivity index (χ0n) is 19.2. The summed E-state index contributed by atoms with van der Waals surface area (Å²) in [7, 11) is 0. The van der Waals surface area contributed by atoms with Crippen molar-refractivity contribution in [3.05, 3.63) is 65.1 Å². The van der Waals surface area contributed by atoms with Crippen molar-refractivity contribution in [1.29, 1.82) is 0 Å². The second-order valence-electron chi connectivity index (χ2n) is 9.49. The lowest BCUT2D eigenvalue weighted by atomic mass is 9.85. The number of carbonyl (C=O) groups excluding carboxylic acids is 2. The lowest BCUT2D eigenvalue weighted by Crippen LogP contribution is -2.38. The highest BCUT2D eigenvalue weighted by molar-refractivity contribution is 6.05. The summed E-state index contributed by atoms with van der Waals surface area (Å²) in [5, 5.41) is 3.88. The number of carbonyl (C=O) groups is 2. The maximum Gasteiger partial charge on any atom is 0.254 e. The molecule has 2 amide bonds. The summed E-state index contributed by atoms with van der Waals surface area (Å²) in [6, 6.07) is 5.71. The van der Waals surface area contributed by atoms with Crippen molar-refractivity contribution in [3.63, 3.8) is 0 Å². The van der Waals surface area contributed by atoms with E-state index in [-0.39, 0.29) is 23.7 Å². The molecule has 3 aromatic rings. The number of hydrogen-bond acceptors (Lipinski definition) is 4. The number of aromatic nitrogens is 3. The third-order valence-electron chi connectivity index (χ3n) is 7.01. The Morgan fingerprint density at radius 2 is 2.12 bits per heavy atom. The first-order valence-corrected chi connectivity index (χ1v) is 12.0. The molecule has 0 radical (unpaired) electrons. The third-order valence-corrected chi connectivity index (χ3v) is 7.01. The highest BCUT2D eigenvalue weighted by Gasteiger charge is 2.31. The van der Waals surface area contributed by atoms with Gasteiger partial charge in [-0.15, -0.1) is 0 Å². The molecule has 0 aromatic carbocycles. The highest BCUT2D eigenvalue weighted by atomic mass is 16.2. The summed E-state index contributed by atoms with van der Waals surface area (Å²) >= 11 is 0. The number of pyridine rings is 2. The van der Waals surface area contributed by atoms with E-state index in [2.05, 4.69) is 40.4 Å². The Morgan fingerprint density at radius 3 is 2.94 bits per heavy atom. The minimum Gasteiger partial charge on any atom is -0.346 e. The smallest absolute Gasteiger partial charge is 0.254 e. The molecule has 6 rings (SSSR count). The minimum atomic E-state index is 0.0168. The van der Waals surface area contributed by atoms with E-state index in [9.17, 15) is 9.59 Å². The summed E-state index contributed by atoms with van der Waals surface area (Å²) in [6.45, 7) is 3.33. The Morgan fingerprint density at radius 1 is 1.24 bits per heavy atom. The Kier molecular flexibility index (Phi) is 5.05. The van der Waals surface area contributed by atoms with Crippen LogP contribution in [0.5, 0.6) is 0 Å². The molecule has 2 aliphatic carbocycles. The van der Waals surface area contributed by atoms with Gasteiger partial charge in [-0.1, -0.05) is 25.2 Å². The van der Waals surface area contributed by atoms with Gasteiger partial charge >= 0.3 is 0 Å². The van der Waals surface area contributed by atoms with E-state index in [0.717, 1.165) is 53.5 Å². The fourth-order valence-corrected chi connectivity index (χ4v) is 5.05. The van der Waals surface area contributed by atoms with Gasteiger partial charge in [0.2, 0.25) is 5.91 Å². The molecule has 3 aromatic heterocycles. The van der Waals surface area contributed by atoms with E-state index >= 15 is 0 Å². The van der Waals surface area contributed by atoms with Gasteiger partial charge in [0.15, 0.2) is 0 Å². The molecule has 2 N–H and O–H groups in total. The number of anilines is 1. The van der Waals surface area contributed by atoms with Crippen molar-refractivity contribution in [2.75, 3.05) is 18.4 Å². The van der Waals surface area contributed by atoms with E-state index in [0.29, 0.717) is 24.5 Å². The summed E-state index contributed by atoms with van der Waals surface area (Å²) in [4.78, 5) is 39.8. The number of allylic oxidation sites excluding steroid dienone is 1. The molecule has 1 fully saturated rings. The van der Waals surface area contributed by atoms with Gasteiger partial charge in [0, 0.05) is 42.4 Å². The molecule has 0 spiro atoms. The Labute approximate surface area is 198 Å². The number of nitrogens with one attached hydrogen (secondary N) is 2. The van der Waals surface area contributed by atoms with Crippen molar-refractivity contribution in [2.24, 2.45) is 11.8 Å². The standard InChI is InChI=1S/C27H27N5O2/c1-16-15-32(27(34)21-9-12-29-25-20(21)8-11-28-25)13-10-18(16)22-14-24(31-26(33)17-6-7-17)30-23-5-3-2-4-19(22)23/h2,4,8-12,14,16-17H,3,5-7,13,15H2,1H3,(H,28,29)(H,30,31,33). The Bertz CT molecular complexity index is 1360. The summed E-state index contributed by atoms with van der Waals surface area (Å²) in [5.41, 5.74) is 5.88. The van der Waals surface area contributed by atoms with E-state index < -0.39 is 0 Å². The van der Waals surface area contributed by atoms with Crippen LogP contribution in [-0.4, -0.2) is 44.8 Å². The maximum absolute atomic E-state index is 13.4. The van der Waals surface area contributed by atoms with Crippen LogP contribution in [-0.2, 0) is 11.2 Å². The van der Waals surface area contributed by atoms with Gasteiger partial charge in [-0.2, -0.15) is 0 Å². The molecule has 0 bridgehead atoms. The Hall–Kier alpha value is -3.74. The fraction of sp³-hybridized carbons (Fsp3) is 0.333. The van der Waals surface area contributed by atoms with Crippen molar-refractivity contribution in [1.82, 2.24) is 19.9 Å². The third kappa shape index (κ3) is 3.71. The number of nitrogens with zero attached hydrogens (tertiary/aromatic N) is 3. The number of amides is 2. The number of fused-ring (bicyclic) bond motifs is 2. The van der Waals surface area contributed by atoms with Gasteiger partial charge < -0.3 is 15.2 Å². The molecule has 172 valence electrons. The van der Waals surface area contributed by atoms with E-state index in [1.165, 1.54) is 5.57 Å². The number of hydrogen-bond donors (Lipinski definition) is 2. The van der Waals surface area contributed by atoms with Crippen LogP contribution in [0.1, 0.15) is 53.4 Å². The van der Waals surface area contributed by atoms with Crippen LogP contribution >= 0.6 is 0 Å². The molecule has 3 aliphatic rings. The van der Waals surface area contributed by atoms with Crippen LogP contribution in [0.3, 0.4) is 0 Å². The monoisotopic (exact) mass is 453 g/mol. The van der Waals surface area contributed by atoms with Gasteiger partial charge in [0.05, 0.1) is 11.3 Å². The van der Waals surface area contributed by atoms with Crippen LogP contribution < -0.4 is 5.32 Å². The van der Waals surface area contributed by atoms with Gasteiger partial charge in [0.1, 0.15) is 11.5 Å². The summed E-state index contributed by atoms with van der Waals surface area (Å²) < 4.78 is 0. The molecule has 1 atom stereocenters. The van der Waals surface area contributed by atoms with Crippen LogP contribution in [0.15, 0.2) is 42.7 Å². The molecular formula is C27H27N5O2. The highest BCUT2D eigenvalue weighted by Crippen LogP contribution is 2.36. The first kappa shape index (κ1) is 20.8. The van der Waals surface area contributed by atoms with Crippen molar-refractivity contribution in [3.8, 4) is 0 Å². The van der Waals surface area contributed by atoms with Crippen LogP contribution in [0.25, 0.3) is 22.7 Å². The first-order valence-electron chi connectivity index (χ1n) is 12.0. The van der Waals surface area contributed by atoms with E-state index in [4.69, 9.17) is 4.98 Å². The molecule has 1 unspecified atom stereocenters. The number of aromatic amines is 1. The predicted octanol–water partition coefficient (Wildman–Crippen LogP) is 4.44. The van der Waals surface area contributed by atoms with Gasteiger partial charge in [-0.25, -0.2) is 9.97 Å². The van der Waals surface area contributed by atoms with Crippen molar-refractivity contribution in [2.45, 2.75) is 32.6 Å². The van der Waals surface area contributed by atoms with Crippen LogP contribution in [0.2, 0.25) is 0 Å². The van der Waals surface area contributed by atoms with Crippen molar-refractivity contribution < 1.29 is 9.59 Å². The van der Waals surface area contributed by atoms with E-state index in [1.807, 2.05) is 23.2 Å². The summed E-state index contributed by atoms with van der Waals surface area (Å²) in [5.74, 6) is 1.01. The van der Waals surface area contributed by atoms with Gasteiger partial charge in [-0.05, 0) is 60.9 Å². The zero-order chi connectivity index (χ0) is 23.2. The first-order chi connectivity index (χ1) is 16.6. The predicted molar refractivity (Wildman–Crippen MR) is 132 cm³/mol. The molecule has 7 nitrogen and oxygen atoms in total. The van der Waals surface area contributed by atoms with Crippen LogP contribution in [0, 0.1) is 11.8 Å². The van der Waals surface area contributed by atoms with E-state index in [1.54, 1.807) is 12.3 Å². The largest absolute Gasteiger partial charge is 0.346 e. The fourth-order valence-electron chi connectivity index (χ4n) is 5.05. The normalized spacial score (nSPS) is 19.6. The second-order valence-corrected chi connectivity index (χ2v) is 9.49. The molecule has 0 saturated heterocycles. The number of aryl methyl sites for hydroxylation is 1. The van der Waals surface area contributed by atoms with Gasteiger partial charge in [0.25, 0.3) is 5.91 Å². The molecule has 1 aliphatic heterocycles. The summed E-state index contributed by atoms with van der Waals surface area (Å²) in [6.07, 6.45) is 13.7. The molecule has 34 heavy (non-hydrogen) atoms. The average molecular weight is 454 g/mol.